The second kappa shape index (κ2) is 4.92. The summed E-state index contributed by atoms with van der Waals surface area (Å²) in [5.74, 6) is 0.199. The molecule has 102 valence electrons. The van der Waals surface area contributed by atoms with Crippen LogP contribution >= 0.6 is 0 Å². The lowest BCUT2D eigenvalue weighted by Crippen LogP contribution is -1.97. The molecule has 0 aliphatic rings. The molecule has 0 aliphatic heterocycles. The largest absolute Gasteiger partial charge is 0.453 e. The summed E-state index contributed by atoms with van der Waals surface area (Å²) in [5.41, 5.74) is -0.356. The van der Waals surface area contributed by atoms with E-state index in [0.29, 0.717) is 6.29 Å². The van der Waals surface area contributed by atoms with Crippen molar-refractivity contribution in [1.82, 2.24) is 0 Å². The molecule has 0 bridgehead atoms. The zero-order chi connectivity index (χ0) is 14.9. The van der Waals surface area contributed by atoms with E-state index in [1.165, 1.54) is 25.1 Å². The van der Waals surface area contributed by atoms with Crippen molar-refractivity contribution in [3.05, 3.63) is 55.8 Å². The molecule has 1 heterocycles. The number of nitro groups is 2. The molecule has 0 amide bonds. The summed E-state index contributed by atoms with van der Waals surface area (Å²) >= 11 is 0. The Morgan fingerprint density at radius 2 is 1.85 bits per heavy atom. The molecule has 0 spiro atoms. The highest BCUT2D eigenvalue weighted by Crippen LogP contribution is 2.35. The number of furan rings is 1. The number of hydrogen-bond acceptors (Lipinski definition) is 6. The molecule has 0 N–H and O–H groups in total. The SMILES string of the molecule is Cc1c(-c2ccc(C=O)o2)cc([N+](=O)[O-])cc1[N+](=O)[O-]. The Hall–Kier alpha value is -3.03. The summed E-state index contributed by atoms with van der Waals surface area (Å²) in [7, 11) is 0. The molecule has 0 fully saturated rings. The van der Waals surface area contributed by atoms with E-state index in [9.17, 15) is 25.0 Å². The van der Waals surface area contributed by atoms with Gasteiger partial charge in [-0.05, 0) is 19.1 Å². The van der Waals surface area contributed by atoms with E-state index in [-0.39, 0.29) is 28.3 Å². The maximum atomic E-state index is 10.9. The van der Waals surface area contributed by atoms with E-state index in [0.717, 1.165) is 6.07 Å². The van der Waals surface area contributed by atoms with Crippen molar-refractivity contribution < 1.29 is 19.1 Å². The van der Waals surface area contributed by atoms with Crippen molar-refractivity contribution in [2.24, 2.45) is 0 Å². The number of benzene rings is 1. The fraction of sp³-hybridized carbons (Fsp3) is 0.0833. The van der Waals surface area contributed by atoms with Gasteiger partial charge >= 0.3 is 0 Å². The summed E-state index contributed by atoms with van der Waals surface area (Å²) in [5, 5.41) is 21.8. The van der Waals surface area contributed by atoms with Gasteiger partial charge in [-0.1, -0.05) is 0 Å². The number of hydrogen-bond donors (Lipinski definition) is 0. The molecule has 1 aromatic carbocycles. The van der Waals surface area contributed by atoms with Crippen molar-refractivity contribution in [2.75, 3.05) is 0 Å². The summed E-state index contributed by atoms with van der Waals surface area (Å²) < 4.78 is 5.16. The first-order valence-electron chi connectivity index (χ1n) is 5.43. The molecule has 8 nitrogen and oxygen atoms in total. The third-order valence-corrected chi connectivity index (χ3v) is 2.78. The van der Waals surface area contributed by atoms with Crippen LogP contribution in [0.25, 0.3) is 11.3 Å². The number of rotatable bonds is 4. The topological polar surface area (TPSA) is 116 Å². The van der Waals surface area contributed by atoms with Crippen LogP contribution in [0.2, 0.25) is 0 Å². The van der Waals surface area contributed by atoms with Gasteiger partial charge in [0, 0.05) is 17.2 Å². The van der Waals surface area contributed by atoms with E-state index < -0.39 is 15.5 Å². The third-order valence-electron chi connectivity index (χ3n) is 2.78. The minimum absolute atomic E-state index is 0.0357. The third kappa shape index (κ3) is 2.26. The molecule has 0 saturated carbocycles. The van der Waals surface area contributed by atoms with E-state index in [4.69, 9.17) is 4.42 Å². The van der Waals surface area contributed by atoms with Crippen molar-refractivity contribution in [1.29, 1.82) is 0 Å². The summed E-state index contributed by atoms with van der Waals surface area (Å²) in [6.07, 6.45) is 0.477. The Balaban J connectivity index is 2.70. The standard InChI is InChI=1S/C12H8N2O6/c1-7-10(12-3-2-9(6-15)20-12)4-8(13(16)17)5-11(7)14(18)19/h2-6H,1H3. The second-order valence-electron chi connectivity index (χ2n) is 3.97. The van der Waals surface area contributed by atoms with Gasteiger partial charge in [0.05, 0.1) is 15.9 Å². The number of nitrogens with zero attached hydrogens (tertiary/aromatic N) is 2. The van der Waals surface area contributed by atoms with Crippen LogP contribution < -0.4 is 0 Å². The van der Waals surface area contributed by atoms with Crippen molar-refractivity contribution >= 4 is 17.7 Å². The van der Waals surface area contributed by atoms with Crippen LogP contribution in [0.15, 0.2) is 28.7 Å². The van der Waals surface area contributed by atoms with Crippen LogP contribution in [-0.2, 0) is 0 Å². The molecule has 20 heavy (non-hydrogen) atoms. The normalized spacial score (nSPS) is 10.2. The highest BCUT2D eigenvalue weighted by Gasteiger charge is 2.23. The summed E-state index contributed by atoms with van der Waals surface area (Å²) in [6, 6.07) is 4.88. The molecular weight excluding hydrogens is 268 g/mol. The highest BCUT2D eigenvalue weighted by atomic mass is 16.6. The predicted octanol–water partition coefficient (Wildman–Crippen LogP) is 2.88. The highest BCUT2D eigenvalue weighted by molar-refractivity contribution is 5.75. The molecule has 2 rings (SSSR count). The molecule has 1 aromatic heterocycles. The maximum Gasteiger partial charge on any atom is 0.279 e. The first-order chi connectivity index (χ1) is 9.43. The molecule has 0 unspecified atom stereocenters. The molecule has 8 heteroatoms. The van der Waals surface area contributed by atoms with Gasteiger partial charge < -0.3 is 4.42 Å². The molecule has 0 saturated heterocycles. The van der Waals surface area contributed by atoms with Crippen LogP contribution in [0.3, 0.4) is 0 Å². The van der Waals surface area contributed by atoms with Crippen molar-refractivity contribution in [3.63, 3.8) is 0 Å². The zero-order valence-corrected chi connectivity index (χ0v) is 10.2. The smallest absolute Gasteiger partial charge is 0.279 e. The zero-order valence-electron chi connectivity index (χ0n) is 10.2. The average molecular weight is 276 g/mol. The Morgan fingerprint density at radius 3 is 2.35 bits per heavy atom. The van der Waals surface area contributed by atoms with Crippen LogP contribution in [0.1, 0.15) is 16.1 Å². The number of carbonyl (C=O) groups is 1. The van der Waals surface area contributed by atoms with Crippen LogP contribution in [-0.4, -0.2) is 16.1 Å². The van der Waals surface area contributed by atoms with Crippen molar-refractivity contribution in [3.8, 4) is 11.3 Å². The quantitative estimate of drug-likeness (QED) is 0.481. The van der Waals surface area contributed by atoms with Crippen LogP contribution in [0.5, 0.6) is 0 Å². The minimum Gasteiger partial charge on any atom is -0.453 e. The number of carbonyl (C=O) groups excluding carboxylic acids is 1. The summed E-state index contributed by atoms with van der Waals surface area (Å²) in [6.45, 7) is 1.46. The maximum absolute atomic E-state index is 10.9. The van der Waals surface area contributed by atoms with Crippen LogP contribution in [0, 0.1) is 27.2 Å². The van der Waals surface area contributed by atoms with E-state index in [1.54, 1.807) is 0 Å². The van der Waals surface area contributed by atoms with Gasteiger partial charge in [-0.15, -0.1) is 0 Å². The fourth-order valence-electron chi connectivity index (χ4n) is 1.80. The minimum atomic E-state index is -0.723. The lowest BCUT2D eigenvalue weighted by molar-refractivity contribution is -0.394. The monoisotopic (exact) mass is 276 g/mol. The summed E-state index contributed by atoms with van der Waals surface area (Å²) in [4.78, 5) is 30.9. The van der Waals surface area contributed by atoms with Gasteiger partial charge in [0.15, 0.2) is 12.0 Å². The van der Waals surface area contributed by atoms with Gasteiger partial charge in [0.25, 0.3) is 11.4 Å². The Kier molecular flexibility index (Phi) is 3.30. The lowest BCUT2D eigenvalue weighted by Gasteiger charge is -2.04. The molecule has 0 radical (unpaired) electrons. The first-order valence-corrected chi connectivity index (χ1v) is 5.43. The fourth-order valence-corrected chi connectivity index (χ4v) is 1.80. The van der Waals surface area contributed by atoms with Gasteiger partial charge in [0.2, 0.25) is 0 Å². The number of aldehydes is 1. The Labute approximate surface area is 111 Å². The average Bonchev–Trinajstić information content (AvgIpc) is 2.86. The van der Waals surface area contributed by atoms with E-state index in [1.807, 2.05) is 0 Å². The number of nitro benzene ring substituents is 2. The lowest BCUT2D eigenvalue weighted by atomic mass is 10.0. The van der Waals surface area contributed by atoms with Gasteiger partial charge in [0.1, 0.15) is 5.76 Å². The Morgan fingerprint density at radius 1 is 1.15 bits per heavy atom. The molecule has 0 aliphatic carbocycles. The molecular formula is C12H8N2O6. The second-order valence-corrected chi connectivity index (χ2v) is 3.97. The van der Waals surface area contributed by atoms with E-state index in [2.05, 4.69) is 0 Å². The van der Waals surface area contributed by atoms with Gasteiger partial charge in [-0.3, -0.25) is 25.0 Å². The first kappa shape index (κ1) is 13.4. The number of non-ortho nitro benzene ring substituents is 1. The molecule has 0 atom stereocenters. The van der Waals surface area contributed by atoms with Crippen molar-refractivity contribution in [2.45, 2.75) is 6.92 Å². The van der Waals surface area contributed by atoms with Crippen LogP contribution in [0.4, 0.5) is 11.4 Å². The molecule has 2 aromatic rings. The predicted molar refractivity (Wildman–Crippen MR) is 67.6 cm³/mol. The van der Waals surface area contributed by atoms with E-state index >= 15 is 0 Å². The Bertz CT molecular complexity index is 719. The van der Waals surface area contributed by atoms with Gasteiger partial charge in [-0.2, -0.15) is 0 Å². The van der Waals surface area contributed by atoms with Gasteiger partial charge in [-0.25, -0.2) is 0 Å².